The Morgan fingerprint density at radius 2 is 1.61 bits per heavy atom. The molecule has 1 aromatic heterocycles. The second-order valence-corrected chi connectivity index (χ2v) is 4.63. The summed E-state index contributed by atoms with van der Waals surface area (Å²) in [5.74, 6) is 0.864. The lowest BCUT2D eigenvalue weighted by Gasteiger charge is -2.20. The maximum Gasteiger partial charge on any atom is 0.250 e. The van der Waals surface area contributed by atoms with Crippen molar-refractivity contribution >= 4 is 5.95 Å². The molecule has 1 aromatic carbocycles. The number of para-hydroxylation sites is 1. The summed E-state index contributed by atoms with van der Waals surface area (Å²) < 4.78 is 1.82. The summed E-state index contributed by atoms with van der Waals surface area (Å²) in [6.45, 7) is 2.10. The first kappa shape index (κ1) is 11.2. The van der Waals surface area contributed by atoms with Crippen molar-refractivity contribution in [3.63, 3.8) is 0 Å². The average Bonchev–Trinajstić information content (AvgIpc) is 2.75. The third-order valence-electron chi connectivity index (χ3n) is 3.34. The molecule has 18 heavy (non-hydrogen) atoms. The van der Waals surface area contributed by atoms with Crippen LogP contribution in [0.25, 0.3) is 5.69 Å². The van der Waals surface area contributed by atoms with Crippen molar-refractivity contribution in [3.8, 4) is 5.69 Å². The zero-order chi connectivity index (χ0) is 12.2. The second-order valence-electron chi connectivity index (χ2n) is 4.63. The fraction of sp³-hybridized carbons (Fsp3) is 0.462. The van der Waals surface area contributed by atoms with Gasteiger partial charge in [0, 0.05) is 13.1 Å². The zero-order valence-electron chi connectivity index (χ0n) is 10.4. The standard InChI is InChI=1S/C13H17N5/c1-2-7-11-17(10-6-1)13-14-15-16-18(13)12-8-4-3-5-9-12/h3-5,8-9H,1-2,6-7,10-11H2. The summed E-state index contributed by atoms with van der Waals surface area (Å²) in [5, 5.41) is 12.1. The van der Waals surface area contributed by atoms with Crippen LogP contribution in [0.15, 0.2) is 30.3 Å². The van der Waals surface area contributed by atoms with Gasteiger partial charge in [-0.05, 0) is 35.4 Å². The topological polar surface area (TPSA) is 46.8 Å². The predicted octanol–water partition coefficient (Wildman–Crippen LogP) is 2.04. The number of hydrogen-bond acceptors (Lipinski definition) is 4. The average molecular weight is 243 g/mol. The highest BCUT2D eigenvalue weighted by Gasteiger charge is 2.17. The van der Waals surface area contributed by atoms with Crippen molar-refractivity contribution in [1.29, 1.82) is 0 Å². The molecule has 1 fully saturated rings. The van der Waals surface area contributed by atoms with Gasteiger partial charge in [0.25, 0.3) is 0 Å². The van der Waals surface area contributed by atoms with Gasteiger partial charge in [-0.15, -0.1) is 0 Å². The van der Waals surface area contributed by atoms with Crippen LogP contribution in [-0.2, 0) is 0 Å². The number of anilines is 1. The van der Waals surface area contributed by atoms with Gasteiger partial charge in [0.05, 0.1) is 5.69 Å². The number of aromatic nitrogens is 4. The Morgan fingerprint density at radius 3 is 2.33 bits per heavy atom. The summed E-state index contributed by atoms with van der Waals surface area (Å²) in [5.41, 5.74) is 1.02. The lowest BCUT2D eigenvalue weighted by Crippen LogP contribution is -2.27. The molecule has 0 aliphatic carbocycles. The van der Waals surface area contributed by atoms with Crippen LogP contribution in [0.5, 0.6) is 0 Å². The molecule has 0 bridgehead atoms. The molecule has 0 N–H and O–H groups in total. The number of hydrogen-bond donors (Lipinski definition) is 0. The van der Waals surface area contributed by atoms with Crippen LogP contribution < -0.4 is 4.90 Å². The molecule has 5 nitrogen and oxygen atoms in total. The Morgan fingerprint density at radius 1 is 0.889 bits per heavy atom. The van der Waals surface area contributed by atoms with Gasteiger partial charge in [0.1, 0.15) is 0 Å². The van der Waals surface area contributed by atoms with Crippen LogP contribution in [0, 0.1) is 0 Å². The van der Waals surface area contributed by atoms with E-state index in [-0.39, 0.29) is 0 Å². The minimum Gasteiger partial charge on any atom is -0.339 e. The minimum atomic E-state index is 0.864. The van der Waals surface area contributed by atoms with E-state index in [1.165, 1.54) is 25.7 Å². The smallest absolute Gasteiger partial charge is 0.250 e. The first-order valence-corrected chi connectivity index (χ1v) is 6.54. The van der Waals surface area contributed by atoms with E-state index in [0.29, 0.717) is 0 Å². The van der Waals surface area contributed by atoms with Crippen LogP contribution in [0.2, 0.25) is 0 Å². The van der Waals surface area contributed by atoms with Gasteiger partial charge >= 0.3 is 0 Å². The van der Waals surface area contributed by atoms with E-state index in [1.807, 2.05) is 35.0 Å². The van der Waals surface area contributed by atoms with Crippen LogP contribution in [0.1, 0.15) is 25.7 Å². The van der Waals surface area contributed by atoms with Gasteiger partial charge in [0.15, 0.2) is 0 Å². The molecule has 94 valence electrons. The first-order valence-electron chi connectivity index (χ1n) is 6.54. The van der Waals surface area contributed by atoms with Gasteiger partial charge in [-0.3, -0.25) is 0 Å². The maximum absolute atomic E-state index is 4.19. The molecule has 1 aliphatic heterocycles. The molecule has 0 unspecified atom stereocenters. The quantitative estimate of drug-likeness (QED) is 0.810. The van der Waals surface area contributed by atoms with Crippen molar-refractivity contribution < 1.29 is 0 Å². The normalized spacial score (nSPS) is 16.6. The third kappa shape index (κ3) is 2.20. The summed E-state index contributed by atoms with van der Waals surface area (Å²) >= 11 is 0. The zero-order valence-corrected chi connectivity index (χ0v) is 10.4. The highest BCUT2D eigenvalue weighted by Crippen LogP contribution is 2.19. The Balaban J connectivity index is 1.91. The van der Waals surface area contributed by atoms with E-state index in [1.54, 1.807) is 0 Å². The third-order valence-corrected chi connectivity index (χ3v) is 3.34. The largest absolute Gasteiger partial charge is 0.339 e. The Hall–Kier alpha value is -1.91. The van der Waals surface area contributed by atoms with Gasteiger partial charge in [0.2, 0.25) is 5.95 Å². The van der Waals surface area contributed by atoms with Crippen LogP contribution in [-0.4, -0.2) is 33.3 Å². The van der Waals surface area contributed by atoms with E-state index in [4.69, 9.17) is 0 Å². The van der Waals surface area contributed by atoms with Crippen molar-refractivity contribution in [2.45, 2.75) is 25.7 Å². The molecular weight excluding hydrogens is 226 g/mol. The number of benzene rings is 1. The van der Waals surface area contributed by atoms with Crippen LogP contribution in [0.4, 0.5) is 5.95 Å². The molecule has 2 heterocycles. The van der Waals surface area contributed by atoms with Gasteiger partial charge < -0.3 is 4.90 Å². The Kier molecular flexibility index (Phi) is 3.21. The lowest BCUT2D eigenvalue weighted by atomic mass is 10.2. The molecule has 0 spiro atoms. The van der Waals surface area contributed by atoms with Crippen LogP contribution >= 0.6 is 0 Å². The fourth-order valence-corrected chi connectivity index (χ4v) is 2.39. The van der Waals surface area contributed by atoms with Crippen molar-refractivity contribution in [1.82, 2.24) is 20.2 Å². The van der Waals surface area contributed by atoms with Gasteiger partial charge in [-0.25, -0.2) is 0 Å². The molecule has 3 rings (SSSR count). The van der Waals surface area contributed by atoms with Crippen molar-refractivity contribution in [2.75, 3.05) is 18.0 Å². The highest BCUT2D eigenvalue weighted by atomic mass is 15.6. The number of tetrazole rings is 1. The van der Waals surface area contributed by atoms with Crippen molar-refractivity contribution in [3.05, 3.63) is 30.3 Å². The summed E-state index contributed by atoms with van der Waals surface area (Å²) in [6, 6.07) is 10.1. The summed E-state index contributed by atoms with van der Waals surface area (Å²) in [4.78, 5) is 2.29. The molecule has 0 atom stereocenters. The van der Waals surface area contributed by atoms with Gasteiger partial charge in [-0.2, -0.15) is 4.68 Å². The summed E-state index contributed by atoms with van der Waals surface area (Å²) in [6.07, 6.45) is 5.07. The Bertz CT molecular complexity index is 485. The van der Waals surface area contributed by atoms with E-state index in [0.717, 1.165) is 24.7 Å². The molecule has 1 saturated heterocycles. The van der Waals surface area contributed by atoms with E-state index < -0.39 is 0 Å². The van der Waals surface area contributed by atoms with Crippen molar-refractivity contribution in [2.24, 2.45) is 0 Å². The molecule has 0 saturated carbocycles. The molecule has 0 radical (unpaired) electrons. The summed E-state index contributed by atoms with van der Waals surface area (Å²) in [7, 11) is 0. The van der Waals surface area contributed by atoms with Gasteiger partial charge in [-0.1, -0.05) is 36.1 Å². The lowest BCUT2D eigenvalue weighted by molar-refractivity contribution is 0.726. The van der Waals surface area contributed by atoms with E-state index >= 15 is 0 Å². The predicted molar refractivity (Wildman–Crippen MR) is 69.8 cm³/mol. The molecule has 5 heteroatoms. The maximum atomic E-state index is 4.19. The van der Waals surface area contributed by atoms with Crippen LogP contribution in [0.3, 0.4) is 0 Å². The monoisotopic (exact) mass is 243 g/mol. The number of rotatable bonds is 2. The molecular formula is C13H17N5. The van der Waals surface area contributed by atoms with E-state index in [2.05, 4.69) is 20.4 Å². The Labute approximate surface area is 106 Å². The van der Waals surface area contributed by atoms with E-state index in [9.17, 15) is 0 Å². The molecule has 0 amide bonds. The number of nitrogens with zero attached hydrogens (tertiary/aromatic N) is 5. The molecule has 2 aromatic rings. The first-order chi connectivity index (χ1) is 8.95. The fourth-order valence-electron chi connectivity index (χ4n) is 2.39. The SMILES string of the molecule is c1ccc(-n2nnnc2N2CCCCCC2)cc1. The second kappa shape index (κ2) is 5.16. The highest BCUT2D eigenvalue weighted by molar-refractivity contribution is 5.40. The minimum absolute atomic E-state index is 0.864. The molecule has 1 aliphatic rings.